The van der Waals surface area contributed by atoms with Crippen LogP contribution in [0, 0.1) is 43.3 Å². The van der Waals surface area contributed by atoms with Crippen LogP contribution in [-0.4, -0.2) is 237 Å². The first kappa shape index (κ1) is 102. The van der Waals surface area contributed by atoms with E-state index in [9.17, 15) is 38.4 Å². The predicted octanol–water partition coefficient (Wildman–Crippen LogP) is -10.7. The third kappa shape index (κ3) is 94.7. The topological polar surface area (TPSA) is 1000 Å². The summed E-state index contributed by atoms with van der Waals surface area (Å²) in [5.74, 6) is -8.91. The Bertz CT molecular complexity index is 1820. The Morgan fingerprint density at radius 3 is 0.333 bits per heavy atom. The highest BCUT2D eigenvalue weighted by Crippen LogP contribution is 1.98. The summed E-state index contributed by atoms with van der Waals surface area (Å²) in [5, 5.41) is 142. The Balaban J connectivity index is -0.000000154. The maximum Gasteiger partial charge on any atom is 0.320 e. The van der Waals surface area contributed by atoms with Gasteiger partial charge in [-0.15, -0.1) is 0 Å². The summed E-state index contributed by atoms with van der Waals surface area (Å²) in [6.07, 6.45) is 7.80. The standard InChI is InChI=1S/8C6H14N4O2/c8*7-4(5(11)12)2-1-3-10-6(8)9/h8*4H,1-3,7H2,(H,11,12)(H4,8,9,10)/t8*4-/m00000000/s1. The molecule has 8 atom stereocenters. The fourth-order valence-electron chi connectivity index (χ4n) is 5.35. The van der Waals surface area contributed by atoms with Gasteiger partial charge in [0.2, 0.25) is 0 Å². The van der Waals surface area contributed by atoms with E-state index in [1.165, 1.54) is 0 Å². The van der Waals surface area contributed by atoms with Gasteiger partial charge < -0.3 is 175 Å². The zero-order chi connectivity index (χ0) is 76.5. The molecule has 0 aliphatic heterocycles. The van der Waals surface area contributed by atoms with Crippen molar-refractivity contribution in [1.82, 2.24) is 42.5 Å². The summed E-state index contributed by atoms with van der Waals surface area (Å²) in [7, 11) is 0. The highest BCUT2D eigenvalue weighted by molar-refractivity contribution is 5.78. The van der Waals surface area contributed by atoms with E-state index in [0.29, 0.717) is 155 Å². The Morgan fingerprint density at radius 2 is 0.281 bits per heavy atom. The van der Waals surface area contributed by atoms with Crippen molar-refractivity contribution in [3.63, 3.8) is 0 Å². The molecule has 0 rings (SSSR count). The summed E-state index contributed by atoms with van der Waals surface area (Å²) < 4.78 is 0. The molecule has 0 unspecified atom stereocenters. The Hall–Kier alpha value is -10.4. The van der Waals surface area contributed by atoms with Gasteiger partial charge in [-0.05, 0) is 103 Å². The van der Waals surface area contributed by atoms with Gasteiger partial charge in [-0.25, -0.2) is 0 Å². The van der Waals surface area contributed by atoms with Crippen LogP contribution in [0.1, 0.15) is 103 Å². The lowest BCUT2D eigenvalue weighted by atomic mass is 10.2. The van der Waals surface area contributed by atoms with Crippen LogP contribution in [0.25, 0.3) is 0 Å². The maximum absolute atomic E-state index is 10.2. The van der Waals surface area contributed by atoms with Crippen LogP contribution in [0.2, 0.25) is 0 Å². The van der Waals surface area contributed by atoms with E-state index in [2.05, 4.69) is 42.5 Å². The number of carboxylic acid groups (broad SMARTS) is 8. The molecule has 0 amide bonds. The largest absolute Gasteiger partial charge is 0.480 e. The number of rotatable bonds is 40. The monoisotopic (exact) mass is 1390 g/mol. The first-order valence-corrected chi connectivity index (χ1v) is 28.8. The minimum Gasteiger partial charge on any atom is -0.480 e. The second-order valence-electron chi connectivity index (χ2n) is 19.4. The third-order valence-electron chi connectivity index (χ3n) is 10.6. The van der Waals surface area contributed by atoms with E-state index in [4.69, 9.17) is 176 Å². The Morgan fingerprint density at radius 1 is 0.208 bits per heavy atom. The van der Waals surface area contributed by atoms with Crippen LogP contribution < -0.4 is 134 Å². The number of hydrogen-bond donors (Lipinski definition) is 40. The fourth-order valence-corrected chi connectivity index (χ4v) is 5.35. The highest BCUT2D eigenvalue weighted by Gasteiger charge is 2.15. The van der Waals surface area contributed by atoms with Gasteiger partial charge >= 0.3 is 47.8 Å². The second-order valence-corrected chi connectivity index (χ2v) is 19.4. The molecule has 0 aliphatic rings. The molecule has 0 aromatic rings. The lowest BCUT2D eigenvalue weighted by Crippen LogP contribution is -2.34. The number of carboxylic acids is 8. The molecule has 0 bridgehead atoms. The third-order valence-corrected chi connectivity index (χ3v) is 10.6. The molecule has 48 heteroatoms. The summed E-state index contributed by atoms with van der Waals surface area (Å²) in [4.78, 5) is 81.7. The molecule has 0 aliphatic carbocycles. The number of hydrogen-bond acceptors (Lipinski definition) is 24. The first-order valence-electron chi connectivity index (χ1n) is 28.8. The number of guanidine groups is 8. The summed E-state index contributed by atoms with van der Waals surface area (Å²) in [6, 6.07) is -6.56. The van der Waals surface area contributed by atoms with Crippen molar-refractivity contribution < 1.29 is 79.2 Å². The molecule has 0 fully saturated rings. The molecule has 0 spiro atoms. The maximum atomic E-state index is 10.2. The van der Waals surface area contributed by atoms with Gasteiger partial charge in [0.25, 0.3) is 0 Å². The number of nitrogens with one attached hydrogen (secondary N) is 16. The van der Waals surface area contributed by atoms with Crippen LogP contribution in [0.5, 0.6) is 0 Å². The van der Waals surface area contributed by atoms with Crippen LogP contribution in [0.3, 0.4) is 0 Å². The smallest absolute Gasteiger partial charge is 0.320 e. The van der Waals surface area contributed by atoms with Crippen LogP contribution in [0.4, 0.5) is 0 Å². The van der Waals surface area contributed by atoms with Crippen LogP contribution >= 0.6 is 0 Å². The Kier molecular flexibility index (Phi) is 71.5. The average molecular weight is 1390 g/mol. The van der Waals surface area contributed by atoms with Crippen molar-refractivity contribution in [2.24, 2.45) is 91.7 Å². The van der Waals surface area contributed by atoms with Gasteiger partial charge in [0, 0.05) is 52.4 Å². The normalized spacial score (nSPS) is 12.1. The SMILES string of the molecule is N=C(N)NCCC[C@H](N)C(=O)O.N=C(N)NCCC[C@H](N)C(=O)O.N=C(N)NCCC[C@H](N)C(=O)O.N=C(N)NCCC[C@H](N)C(=O)O.N=C(N)NCCC[C@H](N)C(=O)O.N=C(N)NCCC[C@H](N)C(=O)O.N=C(N)NCCC[C@H](N)C(=O)O.N=C(N)NCCC[C@H](N)C(=O)O. The van der Waals surface area contributed by atoms with Gasteiger partial charge in [0.15, 0.2) is 47.7 Å². The summed E-state index contributed by atoms with van der Waals surface area (Å²) in [5.41, 5.74) is 81.7. The number of carbonyl (C=O) groups is 8. The molecule has 560 valence electrons. The second kappa shape index (κ2) is 67.5. The van der Waals surface area contributed by atoms with Crippen molar-refractivity contribution in [3.05, 3.63) is 0 Å². The Labute approximate surface area is 554 Å². The number of nitrogens with two attached hydrogens (primary N) is 16. The zero-order valence-corrected chi connectivity index (χ0v) is 53.7. The molecule has 0 saturated carbocycles. The van der Waals surface area contributed by atoms with E-state index >= 15 is 0 Å². The van der Waals surface area contributed by atoms with Crippen LogP contribution in [0.15, 0.2) is 0 Å². The van der Waals surface area contributed by atoms with Crippen molar-refractivity contribution in [2.75, 3.05) is 52.4 Å². The lowest BCUT2D eigenvalue weighted by Gasteiger charge is -2.06. The minimum atomic E-state index is -1.00. The van der Waals surface area contributed by atoms with Crippen molar-refractivity contribution in [1.29, 1.82) is 43.3 Å². The van der Waals surface area contributed by atoms with Crippen molar-refractivity contribution >= 4 is 95.4 Å². The quantitative estimate of drug-likeness (QED) is 0.0154. The predicted molar refractivity (Wildman–Crippen MR) is 358 cm³/mol. The fraction of sp³-hybridized carbons (Fsp3) is 0.667. The van der Waals surface area contributed by atoms with E-state index in [1.54, 1.807) is 0 Å². The van der Waals surface area contributed by atoms with Gasteiger partial charge in [0.1, 0.15) is 48.3 Å². The van der Waals surface area contributed by atoms with Crippen molar-refractivity contribution in [3.8, 4) is 0 Å². The molecule has 96 heavy (non-hydrogen) atoms. The lowest BCUT2D eigenvalue weighted by molar-refractivity contribution is -0.139. The first-order chi connectivity index (χ1) is 44.3. The highest BCUT2D eigenvalue weighted by atomic mass is 16.4. The summed E-state index contributed by atoms with van der Waals surface area (Å²) >= 11 is 0. The molecule has 0 aromatic carbocycles. The minimum absolute atomic E-state index is 0.112. The van der Waals surface area contributed by atoms with Crippen LogP contribution in [-0.2, 0) is 38.4 Å². The zero-order valence-electron chi connectivity index (χ0n) is 53.7. The number of aliphatic carboxylic acids is 8. The van der Waals surface area contributed by atoms with Gasteiger partial charge in [-0.1, -0.05) is 0 Å². The van der Waals surface area contributed by atoms with Gasteiger partial charge in [-0.2, -0.15) is 0 Å². The average Bonchev–Trinajstić information content (AvgIpc) is 3.58. The molecule has 48 nitrogen and oxygen atoms in total. The molecule has 56 N–H and O–H groups in total. The molecule has 0 heterocycles. The van der Waals surface area contributed by atoms with Gasteiger partial charge in [0.05, 0.1) is 0 Å². The molecular weight excluding hydrogens is 1280 g/mol. The van der Waals surface area contributed by atoms with E-state index in [-0.39, 0.29) is 47.7 Å². The van der Waals surface area contributed by atoms with E-state index in [0.717, 1.165) is 0 Å². The molecular formula is C48H112N32O16. The molecule has 0 aromatic heterocycles. The molecule has 0 saturated heterocycles. The van der Waals surface area contributed by atoms with E-state index < -0.39 is 96.1 Å². The molecule has 0 radical (unpaired) electrons. The van der Waals surface area contributed by atoms with Gasteiger partial charge in [-0.3, -0.25) is 81.6 Å². The van der Waals surface area contributed by atoms with Crippen molar-refractivity contribution in [2.45, 2.75) is 151 Å². The van der Waals surface area contributed by atoms with E-state index in [1.807, 2.05) is 0 Å². The summed E-state index contributed by atoms with van der Waals surface area (Å²) in [6.45, 7) is 3.86.